The molecule has 0 radical (unpaired) electrons. The standard InChI is InChI=1S/C8H12N4O/c1-6-4-11-8(12-5-6)10-3-2-7(9)13/h4-5H,2-3H2,1H3,(H2,9,13)(H,10,11,12). The van der Waals surface area contributed by atoms with Crippen LogP contribution in [0.25, 0.3) is 0 Å². The highest BCUT2D eigenvalue weighted by atomic mass is 16.1. The summed E-state index contributed by atoms with van der Waals surface area (Å²) in [5, 5.41) is 2.88. The van der Waals surface area contributed by atoms with Gasteiger partial charge in [0, 0.05) is 25.4 Å². The van der Waals surface area contributed by atoms with Gasteiger partial charge in [0.2, 0.25) is 11.9 Å². The zero-order valence-electron chi connectivity index (χ0n) is 7.45. The zero-order chi connectivity index (χ0) is 9.68. The predicted octanol–water partition coefficient (Wildman–Crippen LogP) is 0.0723. The first-order chi connectivity index (χ1) is 6.18. The molecule has 5 heteroatoms. The van der Waals surface area contributed by atoms with Gasteiger partial charge < -0.3 is 11.1 Å². The van der Waals surface area contributed by atoms with Crippen LogP contribution in [0.2, 0.25) is 0 Å². The minimum atomic E-state index is -0.334. The number of aryl methyl sites for hydroxylation is 1. The van der Waals surface area contributed by atoms with Crippen molar-refractivity contribution in [2.24, 2.45) is 5.73 Å². The van der Waals surface area contributed by atoms with Crippen molar-refractivity contribution in [1.29, 1.82) is 0 Å². The minimum absolute atomic E-state index is 0.289. The van der Waals surface area contributed by atoms with E-state index in [4.69, 9.17) is 5.73 Å². The molecule has 5 nitrogen and oxygen atoms in total. The fourth-order valence-corrected chi connectivity index (χ4v) is 0.781. The van der Waals surface area contributed by atoms with Gasteiger partial charge in [0.05, 0.1) is 0 Å². The van der Waals surface area contributed by atoms with E-state index in [1.54, 1.807) is 12.4 Å². The Hall–Kier alpha value is -1.65. The van der Waals surface area contributed by atoms with Gasteiger partial charge in [-0.1, -0.05) is 0 Å². The second-order valence-electron chi connectivity index (χ2n) is 2.73. The van der Waals surface area contributed by atoms with Crippen LogP contribution in [-0.2, 0) is 4.79 Å². The van der Waals surface area contributed by atoms with Gasteiger partial charge in [-0.05, 0) is 12.5 Å². The molecule has 0 aliphatic carbocycles. The third-order valence-electron chi connectivity index (χ3n) is 1.44. The largest absolute Gasteiger partial charge is 0.370 e. The van der Waals surface area contributed by atoms with Crippen molar-refractivity contribution in [2.75, 3.05) is 11.9 Å². The van der Waals surface area contributed by atoms with Crippen LogP contribution in [0.4, 0.5) is 5.95 Å². The Morgan fingerprint density at radius 2 is 2.15 bits per heavy atom. The molecule has 0 aliphatic heterocycles. The van der Waals surface area contributed by atoms with Crippen molar-refractivity contribution in [1.82, 2.24) is 9.97 Å². The van der Waals surface area contributed by atoms with Crippen LogP contribution < -0.4 is 11.1 Å². The highest BCUT2D eigenvalue weighted by Crippen LogP contribution is 1.97. The second kappa shape index (κ2) is 4.39. The van der Waals surface area contributed by atoms with Gasteiger partial charge in [-0.25, -0.2) is 9.97 Å². The van der Waals surface area contributed by atoms with Crippen LogP contribution in [0, 0.1) is 6.92 Å². The van der Waals surface area contributed by atoms with Crippen molar-refractivity contribution < 1.29 is 4.79 Å². The summed E-state index contributed by atoms with van der Waals surface area (Å²) in [5.41, 5.74) is 5.96. The highest BCUT2D eigenvalue weighted by Gasteiger charge is 1.96. The van der Waals surface area contributed by atoms with Crippen molar-refractivity contribution >= 4 is 11.9 Å². The SMILES string of the molecule is Cc1cnc(NCCC(N)=O)nc1. The van der Waals surface area contributed by atoms with Crippen LogP contribution in [0.5, 0.6) is 0 Å². The number of rotatable bonds is 4. The van der Waals surface area contributed by atoms with Crippen LogP contribution in [-0.4, -0.2) is 22.4 Å². The molecular weight excluding hydrogens is 168 g/mol. The summed E-state index contributed by atoms with van der Waals surface area (Å²) in [4.78, 5) is 18.4. The number of primary amides is 1. The number of nitrogens with zero attached hydrogens (tertiary/aromatic N) is 2. The van der Waals surface area contributed by atoms with Gasteiger partial charge in [-0.2, -0.15) is 0 Å². The Morgan fingerprint density at radius 3 is 2.69 bits per heavy atom. The van der Waals surface area contributed by atoms with E-state index in [9.17, 15) is 4.79 Å². The number of anilines is 1. The topological polar surface area (TPSA) is 80.9 Å². The van der Waals surface area contributed by atoms with Gasteiger partial charge >= 0.3 is 0 Å². The first kappa shape index (κ1) is 9.44. The smallest absolute Gasteiger partial charge is 0.222 e. The summed E-state index contributed by atoms with van der Waals surface area (Å²) in [6.07, 6.45) is 3.70. The lowest BCUT2D eigenvalue weighted by molar-refractivity contribution is -0.117. The summed E-state index contributed by atoms with van der Waals surface area (Å²) in [6, 6.07) is 0. The lowest BCUT2D eigenvalue weighted by Crippen LogP contribution is -2.16. The van der Waals surface area contributed by atoms with E-state index in [0.29, 0.717) is 12.5 Å². The normalized spacial score (nSPS) is 9.62. The first-order valence-electron chi connectivity index (χ1n) is 3.99. The molecule has 70 valence electrons. The highest BCUT2D eigenvalue weighted by molar-refractivity contribution is 5.74. The van der Waals surface area contributed by atoms with E-state index in [1.165, 1.54) is 0 Å². The minimum Gasteiger partial charge on any atom is -0.370 e. The molecule has 0 bridgehead atoms. The monoisotopic (exact) mass is 180 g/mol. The molecule has 1 aromatic heterocycles. The quantitative estimate of drug-likeness (QED) is 0.687. The molecule has 1 rings (SSSR count). The van der Waals surface area contributed by atoms with Crippen LogP contribution >= 0.6 is 0 Å². The third-order valence-corrected chi connectivity index (χ3v) is 1.44. The van der Waals surface area contributed by atoms with Crippen molar-refractivity contribution in [3.8, 4) is 0 Å². The summed E-state index contributed by atoms with van der Waals surface area (Å²) in [6.45, 7) is 2.38. The van der Waals surface area contributed by atoms with E-state index in [0.717, 1.165) is 5.56 Å². The Kier molecular flexibility index (Phi) is 3.19. The van der Waals surface area contributed by atoms with E-state index >= 15 is 0 Å². The molecule has 0 spiro atoms. The Bertz CT molecular complexity index is 283. The number of hydrogen-bond acceptors (Lipinski definition) is 4. The number of carbonyl (C=O) groups is 1. The molecule has 13 heavy (non-hydrogen) atoms. The van der Waals surface area contributed by atoms with Crippen LogP contribution in [0.15, 0.2) is 12.4 Å². The number of nitrogens with two attached hydrogens (primary N) is 1. The molecule has 3 N–H and O–H groups in total. The Labute approximate surface area is 76.4 Å². The molecule has 0 saturated heterocycles. The average Bonchev–Trinajstić information content (AvgIpc) is 2.08. The maximum absolute atomic E-state index is 10.4. The maximum atomic E-state index is 10.4. The predicted molar refractivity (Wildman–Crippen MR) is 49.1 cm³/mol. The number of hydrogen-bond donors (Lipinski definition) is 2. The number of amides is 1. The molecule has 0 aromatic carbocycles. The van der Waals surface area contributed by atoms with E-state index in [-0.39, 0.29) is 12.3 Å². The Morgan fingerprint density at radius 1 is 1.54 bits per heavy atom. The molecular formula is C8H12N4O. The molecule has 1 amide bonds. The molecule has 0 atom stereocenters. The molecule has 0 aliphatic rings. The van der Waals surface area contributed by atoms with E-state index in [1.807, 2.05) is 6.92 Å². The lowest BCUT2D eigenvalue weighted by Gasteiger charge is -2.01. The summed E-state index contributed by atoms with van der Waals surface area (Å²) in [5.74, 6) is 0.187. The van der Waals surface area contributed by atoms with E-state index < -0.39 is 0 Å². The molecule has 0 fully saturated rings. The number of nitrogens with one attached hydrogen (secondary N) is 1. The fraction of sp³-hybridized carbons (Fsp3) is 0.375. The average molecular weight is 180 g/mol. The number of carbonyl (C=O) groups excluding carboxylic acids is 1. The van der Waals surface area contributed by atoms with Crippen molar-refractivity contribution in [2.45, 2.75) is 13.3 Å². The van der Waals surface area contributed by atoms with Crippen molar-refractivity contribution in [3.63, 3.8) is 0 Å². The van der Waals surface area contributed by atoms with Gasteiger partial charge in [0.15, 0.2) is 0 Å². The van der Waals surface area contributed by atoms with Crippen LogP contribution in [0.1, 0.15) is 12.0 Å². The number of aromatic nitrogens is 2. The fourth-order valence-electron chi connectivity index (χ4n) is 0.781. The summed E-state index contributed by atoms with van der Waals surface area (Å²) < 4.78 is 0. The molecule has 1 heterocycles. The van der Waals surface area contributed by atoms with Crippen LogP contribution in [0.3, 0.4) is 0 Å². The van der Waals surface area contributed by atoms with Gasteiger partial charge in [-0.3, -0.25) is 4.79 Å². The zero-order valence-corrected chi connectivity index (χ0v) is 7.45. The third kappa shape index (κ3) is 3.50. The molecule has 1 aromatic rings. The molecule has 0 unspecified atom stereocenters. The van der Waals surface area contributed by atoms with Crippen molar-refractivity contribution in [3.05, 3.63) is 18.0 Å². The second-order valence-corrected chi connectivity index (χ2v) is 2.73. The summed E-state index contributed by atoms with van der Waals surface area (Å²) in [7, 11) is 0. The first-order valence-corrected chi connectivity index (χ1v) is 3.99. The van der Waals surface area contributed by atoms with Gasteiger partial charge in [0.1, 0.15) is 0 Å². The Balaban J connectivity index is 2.37. The van der Waals surface area contributed by atoms with E-state index in [2.05, 4.69) is 15.3 Å². The van der Waals surface area contributed by atoms with Gasteiger partial charge in [0.25, 0.3) is 0 Å². The maximum Gasteiger partial charge on any atom is 0.222 e. The van der Waals surface area contributed by atoms with Gasteiger partial charge in [-0.15, -0.1) is 0 Å². The lowest BCUT2D eigenvalue weighted by atomic mass is 10.4. The molecule has 0 saturated carbocycles. The summed E-state index contributed by atoms with van der Waals surface area (Å²) >= 11 is 0.